The molecule has 0 amide bonds. The molecule has 0 unspecified atom stereocenters. The Morgan fingerprint density at radius 2 is 0.792 bits per heavy atom. The van der Waals surface area contributed by atoms with Crippen molar-refractivity contribution >= 4 is 0 Å². The van der Waals surface area contributed by atoms with Crippen molar-refractivity contribution in [3.63, 3.8) is 0 Å². The van der Waals surface area contributed by atoms with Gasteiger partial charge in [0.05, 0.1) is 25.4 Å². The van der Waals surface area contributed by atoms with Crippen LogP contribution in [0.25, 0.3) is 0 Å². The van der Waals surface area contributed by atoms with Gasteiger partial charge in [-0.05, 0) is 7.05 Å². The second-order valence-electron chi connectivity index (χ2n) is 5.82. The van der Waals surface area contributed by atoms with E-state index in [1.165, 1.54) is 11.9 Å². The van der Waals surface area contributed by atoms with Gasteiger partial charge in [-0.15, -0.1) is 0 Å². The summed E-state index contributed by atoms with van der Waals surface area (Å²) in [5.41, 5.74) is 0. The summed E-state index contributed by atoms with van der Waals surface area (Å²) in [7, 11) is 1.40. The minimum atomic E-state index is -1.78. The van der Waals surface area contributed by atoms with Crippen LogP contribution < -0.4 is 0 Å². The smallest absolute Gasteiger partial charge is 0.111 e. The molecule has 0 saturated carbocycles. The summed E-state index contributed by atoms with van der Waals surface area (Å²) in [5, 5.41) is 93.6. The molecule has 8 atom stereocenters. The second kappa shape index (κ2) is 11.2. The lowest BCUT2D eigenvalue weighted by atomic mass is 10.0. The molecule has 146 valence electrons. The number of rotatable bonds is 12. The number of hydrogen-bond acceptors (Lipinski definition) is 11. The van der Waals surface area contributed by atoms with E-state index in [0.717, 1.165) is 0 Å². The molecule has 0 aliphatic heterocycles. The normalized spacial score (nSPS) is 22.5. The molecule has 0 aromatic carbocycles. The first-order valence-electron chi connectivity index (χ1n) is 7.41. The van der Waals surface area contributed by atoms with Gasteiger partial charge >= 0.3 is 0 Å². The average Bonchev–Trinajstić information content (AvgIpc) is 2.56. The van der Waals surface area contributed by atoms with E-state index in [4.69, 9.17) is 10.2 Å². The lowest BCUT2D eigenvalue weighted by Crippen LogP contribution is -2.52. The average molecular weight is 359 g/mol. The van der Waals surface area contributed by atoms with E-state index in [1.807, 2.05) is 0 Å². The zero-order chi connectivity index (χ0) is 19.0. The maximum absolute atomic E-state index is 9.78. The molecule has 0 radical (unpaired) electrons. The van der Waals surface area contributed by atoms with Gasteiger partial charge in [0, 0.05) is 13.1 Å². The van der Waals surface area contributed by atoms with Gasteiger partial charge in [0.1, 0.15) is 36.6 Å². The van der Waals surface area contributed by atoms with Crippen LogP contribution in [0.4, 0.5) is 0 Å². The van der Waals surface area contributed by atoms with Crippen molar-refractivity contribution in [1.29, 1.82) is 0 Å². The van der Waals surface area contributed by atoms with Crippen LogP contribution in [-0.4, -0.2) is 138 Å². The first kappa shape index (κ1) is 23.6. The molecule has 0 aliphatic carbocycles. The van der Waals surface area contributed by atoms with Crippen molar-refractivity contribution in [1.82, 2.24) is 4.90 Å². The summed E-state index contributed by atoms with van der Waals surface area (Å²) >= 11 is 0. The van der Waals surface area contributed by atoms with Gasteiger partial charge in [-0.2, -0.15) is 0 Å². The zero-order valence-corrected chi connectivity index (χ0v) is 13.4. The standard InChI is InChI=1S/C13H29NO10/c1-14(2-6(17)10(21)12(23)8(19)4-15)3-7(18)11(22)13(24)9(20)5-16/h6-13,15-24H,2-5H2,1H3/t6-,7-,8-,9-,10-,11-,12-,13-/m1/s1. The monoisotopic (exact) mass is 359 g/mol. The van der Waals surface area contributed by atoms with E-state index in [2.05, 4.69) is 0 Å². The minimum absolute atomic E-state index is 0.279. The Kier molecular flexibility index (Phi) is 11.0. The molecule has 0 saturated heterocycles. The first-order valence-corrected chi connectivity index (χ1v) is 7.41. The molecule has 11 nitrogen and oxygen atoms in total. The van der Waals surface area contributed by atoms with Gasteiger partial charge in [0.25, 0.3) is 0 Å². The number of aliphatic hydroxyl groups is 10. The van der Waals surface area contributed by atoms with Crippen LogP contribution in [-0.2, 0) is 0 Å². The molecule has 24 heavy (non-hydrogen) atoms. The lowest BCUT2D eigenvalue weighted by molar-refractivity contribution is -0.128. The van der Waals surface area contributed by atoms with E-state index < -0.39 is 62.0 Å². The summed E-state index contributed by atoms with van der Waals surface area (Å²) in [6.07, 6.45) is -13.4. The third kappa shape index (κ3) is 7.21. The SMILES string of the molecule is CN(C[C@@H](O)[C@@H](O)[C@H](O)[C@H](O)CO)C[C@@H](O)[C@@H](O)[C@H](O)[C@H](O)CO. The summed E-state index contributed by atoms with van der Waals surface area (Å²) in [6, 6.07) is 0. The van der Waals surface area contributed by atoms with E-state index in [0.29, 0.717) is 0 Å². The predicted octanol–water partition coefficient (Wildman–Crippen LogP) is -6.21. The topological polar surface area (TPSA) is 206 Å². The predicted molar refractivity (Wildman–Crippen MR) is 79.7 cm³/mol. The maximum Gasteiger partial charge on any atom is 0.111 e. The fourth-order valence-electron chi connectivity index (χ4n) is 2.06. The Labute approximate surface area is 139 Å². The van der Waals surface area contributed by atoms with Crippen molar-refractivity contribution in [2.45, 2.75) is 48.8 Å². The van der Waals surface area contributed by atoms with Crippen LogP contribution >= 0.6 is 0 Å². The van der Waals surface area contributed by atoms with Gasteiger partial charge in [-0.3, -0.25) is 0 Å². The largest absolute Gasteiger partial charge is 0.394 e. The zero-order valence-electron chi connectivity index (χ0n) is 13.4. The molecule has 10 N–H and O–H groups in total. The highest BCUT2D eigenvalue weighted by Gasteiger charge is 2.33. The third-order valence-electron chi connectivity index (χ3n) is 3.65. The van der Waals surface area contributed by atoms with Crippen molar-refractivity contribution in [3.8, 4) is 0 Å². The van der Waals surface area contributed by atoms with Crippen molar-refractivity contribution in [2.24, 2.45) is 0 Å². The first-order chi connectivity index (χ1) is 11.1. The van der Waals surface area contributed by atoms with Crippen LogP contribution in [0.15, 0.2) is 0 Å². The highest BCUT2D eigenvalue weighted by molar-refractivity contribution is 4.85. The van der Waals surface area contributed by atoms with E-state index >= 15 is 0 Å². The highest BCUT2D eigenvalue weighted by atomic mass is 16.4. The number of hydrogen-bond donors (Lipinski definition) is 10. The molecule has 0 rings (SSSR count). The van der Waals surface area contributed by atoms with Crippen molar-refractivity contribution in [3.05, 3.63) is 0 Å². The molecule has 11 heteroatoms. The Morgan fingerprint density at radius 3 is 1.04 bits per heavy atom. The maximum atomic E-state index is 9.78. The van der Waals surface area contributed by atoms with E-state index in [1.54, 1.807) is 0 Å². The molecule has 0 spiro atoms. The number of likely N-dealkylation sites (N-methyl/N-ethyl adjacent to an activating group) is 1. The number of aliphatic hydroxyl groups excluding tert-OH is 10. The molecule has 0 bridgehead atoms. The summed E-state index contributed by atoms with van der Waals surface area (Å²) in [6.45, 7) is -2.18. The van der Waals surface area contributed by atoms with Crippen LogP contribution in [0.3, 0.4) is 0 Å². The molecule has 0 aromatic heterocycles. The van der Waals surface area contributed by atoms with Crippen LogP contribution in [0.2, 0.25) is 0 Å². The van der Waals surface area contributed by atoms with Gasteiger partial charge < -0.3 is 56.0 Å². The summed E-state index contributed by atoms with van der Waals surface area (Å²) < 4.78 is 0. The molecular weight excluding hydrogens is 330 g/mol. The molecule has 0 aromatic rings. The molecule has 0 aliphatic rings. The summed E-state index contributed by atoms with van der Waals surface area (Å²) in [4.78, 5) is 1.26. The highest BCUT2D eigenvalue weighted by Crippen LogP contribution is 2.09. The lowest BCUT2D eigenvalue weighted by Gasteiger charge is -2.31. The van der Waals surface area contributed by atoms with Crippen LogP contribution in [0.5, 0.6) is 0 Å². The van der Waals surface area contributed by atoms with Crippen LogP contribution in [0, 0.1) is 0 Å². The van der Waals surface area contributed by atoms with Crippen molar-refractivity contribution in [2.75, 3.05) is 33.4 Å². The Hall–Kier alpha value is -0.440. The quantitative estimate of drug-likeness (QED) is 0.159. The Bertz CT molecular complexity index is 306. The van der Waals surface area contributed by atoms with Crippen molar-refractivity contribution < 1.29 is 51.1 Å². The minimum Gasteiger partial charge on any atom is -0.394 e. The summed E-state index contributed by atoms with van der Waals surface area (Å²) in [5.74, 6) is 0. The van der Waals surface area contributed by atoms with Gasteiger partial charge in [0.2, 0.25) is 0 Å². The molecule has 0 fully saturated rings. The third-order valence-corrected chi connectivity index (χ3v) is 3.65. The van der Waals surface area contributed by atoms with Gasteiger partial charge in [-0.1, -0.05) is 0 Å². The fraction of sp³-hybridized carbons (Fsp3) is 1.00. The van der Waals surface area contributed by atoms with Gasteiger partial charge in [0.15, 0.2) is 0 Å². The van der Waals surface area contributed by atoms with E-state index in [-0.39, 0.29) is 13.1 Å². The Balaban J connectivity index is 4.48. The van der Waals surface area contributed by atoms with Gasteiger partial charge in [-0.25, -0.2) is 0 Å². The molecule has 0 heterocycles. The number of nitrogens with zero attached hydrogens (tertiary/aromatic N) is 1. The second-order valence-corrected chi connectivity index (χ2v) is 5.82. The fourth-order valence-corrected chi connectivity index (χ4v) is 2.06. The Morgan fingerprint density at radius 1 is 0.542 bits per heavy atom. The van der Waals surface area contributed by atoms with E-state index in [9.17, 15) is 40.9 Å². The molecular formula is C13H29NO10. The van der Waals surface area contributed by atoms with Crippen LogP contribution in [0.1, 0.15) is 0 Å².